The highest BCUT2D eigenvalue weighted by Crippen LogP contribution is 2.32. The van der Waals surface area contributed by atoms with Crippen LogP contribution >= 0.6 is 0 Å². The fourth-order valence-corrected chi connectivity index (χ4v) is 3.05. The van der Waals surface area contributed by atoms with Gasteiger partial charge in [-0.25, -0.2) is 0 Å². The Kier molecular flexibility index (Phi) is 7.11. The lowest BCUT2D eigenvalue weighted by molar-refractivity contribution is -0.123. The molecular weight excluding hydrogens is 342 g/mol. The molecule has 0 radical (unpaired) electrons. The number of para-hydroxylation sites is 2. The molecule has 1 N–H and O–H groups in total. The van der Waals surface area contributed by atoms with Crippen molar-refractivity contribution in [2.24, 2.45) is 0 Å². The molecular formula is C22H29NO4. The molecule has 0 saturated heterocycles. The van der Waals surface area contributed by atoms with Gasteiger partial charge in [-0.05, 0) is 60.7 Å². The second-order valence-electron chi connectivity index (χ2n) is 6.83. The van der Waals surface area contributed by atoms with Crippen LogP contribution in [-0.2, 0) is 4.79 Å². The van der Waals surface area contributed by atoms with Gasteiger partial charge in [0.1, 0.15) is 5.75 Å². The Morgan fingerprint density at radius 3 is 2.19 bits per heavy atom. The largest absolute Gasteiger partial charge is 0.496 e. The molecule has 0 saturated carbocycles. The molecule has 1 unspecified atom stereocenters. The molecule has 0 heterocycles. The molecule has 5 nitrogen and oxygen atoms in total. The van der Waals surface area contributed by atoms with E-state index in [1.807, 2.05) is 32.0 Å². The van der Waals surface area contributed by atoms with Crippen molar-refractivity contribution in [3.8, 4) is 17.2 Å². The predicted molar refractivity (Wildman–Crippen MR) is 107 cm³/mol. The summed E-state index contributed by atoms with van der Waals surface area (Å²) < 4.78 is 16.3. The lowest BCUT2D eigenvalue weighted by atomic mass is 9.93. The third-order valence-corrected chi connectivity index (χ3v) is 4.51. The van der Waals surface area contributed by atoms with Gasteiger partial charge in [-0.3, -0.25) is 4.79 Å². The van der Waals surface area contributed by atoms with Crippen LogP contribution in [0.3, 0.4) is 0 Å². The Hall–Kier alpha value is -2.69. The van der Waals surface area contributed by atoms with Gasteiger partial charge in [-0.1, -0.05) is 26.0 Å². The number of hydrogen-bond donors (Lipinski definition) is 1. The zero-order chi connectivity index (χ0) is 20.0. The number of carbonyl (C=O) groups excluding carboxylic acids is 1. The van der Waals surface area contributed by atoms with Crippen LogP contribution in [0.2, 0.25) is 0 Å². The molecule has 1 amide bonds. The van der Waals surface area contributed by atoms with E-state index in [1.165, 1.54) is 0 Å². The number of methoxy groups -OCH3 is 2. The van der Waals surface area contributed by atoms with Crippen LogP contribution in [0.15, 0.2) is 36.4 Å². The molecule has 0 aliphatic heterocycles. The maximum Gasteiger partial charge on any atom is 0.258 e. The predicted octanol–water partition coefficient (Wildman–Crippen LogP) is 4.39. The number of aryl methyl sites for hydroxylation is 1. The first-order chi connectivity index (χ1) is 12.9. The summed E-state index contributed by atoms with van der Waals surface area (Å²) >= 11 is 0. The van der Waals surface area contributed by atoms with Crippen molar-refractivity contribution in [1.82, 2.24) is 5.32 Å². The van der Waals surface area contributed by atoms with Crippen molar-refractivity contribution < 1.29 is 19.0 Å². The maximum atomic E-state index is 12.4. The van der Waals surface area contributed by atoms with Gasteiger partial charge in [0.2, 0.25) is 0 Å². The van der Waals surface area contributed by atoms with E-state index in [0.29, 0.717) is 17.4 Å². The lowest BCUT2D eigenvalue weighted by Crippen LogP contribution is -2.31. The van der Waals surface area contributed by atoms with E-state index >= 15 is 0 Å². The van der Waals surface area contributed by atoms with Crippen molar-refractivity contribution in [3.05, 3.63) is 53.1 Å². The minimum Gasteiger partial charge on any atom is -0.496 e. The van der Waals surface area contributed by atoms with Crippen LogP contribution < -0.4 is 19.5 Å². The first-order valence-electron chi connectivity index (χ1n) is 9.11. The number of ether oxygens (including phenoxy) is 3. The molecule has 0 aromatic heterocycles. The Balaban J connectivity index is 2.07. The summed E-state index contributed by atoms with van der Waals surface area (Å²) in [5.74, 6) is 2.17. The number of hydrogen-bond acceptors (Lipinski definition) is 4. The van der Waals surface area contributed by atoms with Gasteiger partial charge in [0, 0.05) is 0 Å². The van der Waals surface area contributed by atoms with Gasteiger partial charge in [-0.2, -0.15) is 0 Å². The molecule has 1 atom stereocenters. The Labute approximate surface area is 161 Å². The molecule has 5 heteroatoms. The second kappa shape index (κ2) is 9.31. The summed E-state index contributed by atoms with van der Waals surface area (Å²) in [5.41, 5.74) is 3.28. The van der Waals surface area contributed by atoms with Gasteiger partial charge in [0.15, 0.2) is 18.1 Å². The molecule has 2 aromatic rings. The molecule has 0 spiro atoms. The molecule has 27 heavy (non-hydrogen) atoms. The molecule has 2 aromatic carbocycles. The van der Waals surface area contributed by atoms with Crippen LogP contribution in [0.25, 0.3) is 0 Å². The van der Waals surface area contributed by atoms with Crippen LogP contribution in [0.1, 0.15) is 49.4 Å². The SMILES string of the molecule is COc1ccccc1OCC(=O)NC(C)c1cc(C(C)C)c(OC)cc1C. The van der Waals surface area contributed by atoms with Crippen molar-refractivity contribution in [1.29, 1.82) is 0 Å². The lowest BCUT2D eigenvalue weighted by Gasteiger charge is -2.21. The normalized spacial score (nSPS) is 11.8. The Bertz CT molecular complexity index is 786. The smallest absolute Gasteiger partial charge is 0.258 e. The van der Waals surface area contributed by atoms with Crippen molar-refractivity contribution in [3.63, 3.8) is 0 Å². The fraction of sp³-hybridized carbons (Fsp3) is 0.409. The third kappa shape index (κ3) is 5.16. The van der Waals surface area contributed by atoms with E-state index in [-0.39, 0.29) is 18.6 Å². The molecule has 2 rings (SSSR count). The minimum absolute atomic E-state index is 0.0725. The summed E-state index contributed by atoms with van der Waals surface area (Å²) in [7, 11) is 3.25. The summed E-state index contributed by atoms with van der Waals surface area (Å²) in [6, 6.07) is 11.3. The Morgan fingerprint density at radius 2 is 1.59 bits per heavy atom. The van der Waals surface area contributed by atoms with Gasteiger partial charge in [0.05, 0.1) is 20.3 Å². The van der Waals surface area contributed by atoms with Gasteiger partial charge in [-0.15, -0.1) is 0 Å². The van der Waals surface area contributed by atoms with E-state index in [0.717, 1.165) is 22.4 Å². The summed E-state index contributed by atoms with van der Waals surface area (Å²) in [5, 5.41) is 3.00. The molecule has 0 fully saturated rings. The molecule has 146 valence electrons. The summed E-state index contributed by atoms with van der Waals surface area (Å²) in [4.78, 5) is 12.4. The van der Waals surface area contributed by atoms with Gasteiger partial charge >= 0.3 is 0 Å². The van der Waals surface area contributed by atoms with Gasteiger partial charge in [0.25, 0.3) is 5.91 Å². The number of benzene rings is 2. The monoisotopic (exact) mass is 371 g/mol. The average Bonchev–Trinajstić information content (AvgIpc) is 2.65. The summed E-state index contributed by atoms with van der Waals surface area (Å²) in [6.07, 6.45) is 0. The quantitative estimate of drug-likeness (QED) is 0.748. The van der Waals surface area contributed by atoms with Gasteiger partial charge < -0.3 is 19.5 Å². The number of nitrogens with one attached hydrogen (secondary N) is 1. The summed E-state index contributed by atoms with van der Waals surface area (Å²) in [6.45, 7) is 8.18. The highest BCUT2D eigenvalue weighted by Gasteiger charge is 2.17. The molecule has 0 aliphatic carbocycles. The standard InChI is InChI=1S/C22H29NO4/c1-14(2)17-12-18(15(3)11-21(17)26-6)16(4)23-22(24)13-27-20-10-8-7-9-19(20)25-5/h7-12,14,16H,13H2,1-6H3,(H,23,24). The zero-order valence-electron chi connectivity index (χ0n) is 17.0. The number of rotatable bonds is 8. The zero-order valence-corrected chi connectivity index (χ0v) is 17.0. The first-order valence-corrected chi connectivity index (χ1v) is 9.11. The van der Waals surface area contributed by atoms with Crippen LogP contribution in [0.4, 0.5) is 0 Å². The fourth-order valence-electron chi connectivity index (χ4n) is 3.05. The van der Waals surface area contributed by atoms with Crippen LogP contribution in [0, 0.1) is 6.92 Å². The maximum absolute atomic E-state index is 12.4. The van der Waals surface area contributed by atoms with Crippen LogP contribution in [-0.4, -0.2) is 26.7 Å². The van der Waals surface area contributed by atoms with Crippen LogP contribution in [0.5, 0.6) is 17.2 Å². The van der Waals surface area contributed by atoms with E-state index < -0.39 is 0 Å². The van der Waals surface area contributed by atoms with Crippen molar-refractivity contribution >= 4 is 5.91 Å². The first kappa shape index (κ1) is 20.6. The minimum atomic E-state index is -0.185. The second-order valence-corrected chi connectivity index (χ2v) is 6.83. The van der Waals surface area contributed by atoms with E-state index in [4.69, 9.17) is 14.2 Å². The topological polar surface area (TPSA) is 56.8 Å². The van der Waals surface area contributed by atoms with E-state index in [9.17, 15) is 4.79 Å². The number of amides is 1. The Morgan fingerprint density at radius 1 is 0.963 bits per heavy atom. The third-order valence-electron chi connectivity index (χ3n) is 4.51. The average molecular weight is 371 g/mol. The van der Waals surface area contributed by atoms with Crippen molar-refractivity contribution in [2.45, 2.75) is 39.7 Å². The highest BCUT2D eigenvalue weighted by atomic mass is 16.5. The molecule has 0 aliphatic rings. The van der Waals surface area contributed by atoms with E-state index in [1.54, 1.807) is 26.4 Å². The number of carbonyl (C=O) groups is 1. The van der Waals surface area contributed by atoms with E-state index in [2.05, 4.69) is 25.2 Å². The van der Waals surface area contributed by atoms with Crippen molar-refractivity contribution in [2.75, 3.05) is 20.8 Å². The molecule has 0 bridgehead atoms. The highest BCUT2D eigenvalue weighted by molar-refractivity contribution is 5.78.